The van der Waals surface area contributed by atoms with E-state index in [1.165, 1.54) is 11.1 Å². The minimum atomic E-state index is 0.145. The standard InChI is InChI=1S/C20H20N2OS/c23-20(22-11-3-9-21-10-12-22)19-7-2-5-17-16(4-1-6-18(17)19)15-8-13-24-14-15/h1-2,4-8,13-14,21H,3,9-12H2. The first-order valence-corrected chi connectivity index (χ1v) is 9.33. The molecule has 4 rings (SSSR count). The SMILES string of the molecule is O=C(c1cccc2c(-c3ccsc3)cccc12)N1CCCNCC1. The Kier molecular flexibility index (Phi) is 4.32. The van der Waals surface area contributed by atoms with E-state index >= 15 is 0 Å². The van der Waals surface area contributed by atoms with E-state index in [1.54, 1.807) is 11.3 Å². The van der Waals surface area contributed by atoms with Gasteiger partial charge in [0.2, 0.25) is 0 Å². The third-order valence-electron chi connectivity index (χ3n) is 4.61. The molecule has 0 unspecified atom stereocenters. The van der Waals surface area contributed by atoms with Crippen molar-refractivity contribution in [1.29, 1.82) is 0 Å². The van der Waals surface area contributed by atoms with Gasteiger partial charge in [0.15, 0.2) is 0 Å². The van der Waals surface area contributed by atoms with Gasteiger partial charge in [-0.3, -0.25) is 4.79 Å². The van der Waals surface area contributed by atoms with E-state index in [4.69, 9.17) is 0 Å². The molecule has 1 saturated heterocycles. The summed E-state index contributed by atoms with van der Waals surface area (Å²) in [5, 5.41) is 9.80. The van der Waals surface area contributed by atoms with Crippen LogP contribution in [-0.4, -0.2) is 37.0 Å². The lowest BCUT2D eigenvalue weighted by atomic mass is 9.96. The second kappa shape index (κ2) is 6.75. The van der Waals surface area contributed by atoms with Gasteiger partial charge in [-0.2, -0.15) is 11.3 Å². The lowest BCUT2D eigenvalue weighted by molar-refractivity contribution is 0.0768. The third kappa shape index (κ3) is 2.83. The summed E-state index contributed by atoms with van der Waals surface area (Å²) < 4.78 is 0. The van der Waals surface area contributed by atoms with Gasteiger partial charge in [0.1, 0.15) is 0 Å². The Labute approximate surface area is 145 Å². The van der Waals surface area contributed by atoms with Crippen LogP contribution in [0.25, 0.3) is 21.9 Å². The Morgan fingerprint density at radius 3 is 2.75 bits per heavy atom. The maximum Gasteiger partial charge on any atom is 0.254 e. The molecule has 1 aromatic heterocycles. The molecule has 1 aliphatic heterocycles. The van der Waals surface area contributed by atoms with Gasteiger partial charge in [-0.1, -0.05) is 30.3 Å². The van der Waals surface area contributed by atoms with Gasteiger partial charge < -0.3 is 10.2 Å². The van der Waals surface area contributed by atoms with Gasteiger partial charge in [-0.05, 0) is 57.8 Å². The topological polar surface area (TPSA) is 32.3 Å². The first-order valence-electron chi connectivity index (χ1n) is 8.39. The molecule has 0 aliphatic carbocycles. The molecule has 24 heavy (non-hydrogen) atoms. The Balaban J connectivity index is 1.79. The lowest BCUT2D eigenvalue weighted by Crippen LogP contribution is -2.34. The largest absolute Gasteiger partial charge is 0.337 e. The van der Waals surface area contributed by atoms with Crippen molar-refractivity contribution in [2.75, 3.05) is 26.2 Å². The number of fused-ring (bicyclic) bond motifs is 1. The zero-order valence-electron chi connectivity index (χ0n) is 13.5. The first kappa shape index (κ1) is 15.4. The summed E-state index contributed by atoms with van der Waals surface area (Å²) in [6.45, 7) is 3.46. The normalized spacial score (nSPS) is 15.4. The number of amides is 1. The molecule has 0 radical (unpaired) electrons. The lowest BCUT2D eigenvalue weighted by Gasteiger charge is -2.21. The molecular weight excluding hydrogens is 316 g/mol. The maximum absolute atomic E-state index is 13.1. The fraction of sp³-hybridized carbons (Fsp3) is 0.250. The predicted octanol–water partition coefficient (Wildman–Crippen LogP) is 4.00. The summed E-state index contributed by atoms with van der Waals surface area (Å²) in [7, 11) is 0. The van der Waals surface area contributed by atoms with Crippen molar-refractivity contribution < 1.29 is 4.79 Å². The van der Waals surface area contributed by atoms with Gasteiger partial charge in [0, 0.05) is 25.2 Å². The van der Waals surface area contributed by atoms with Gasteiger partial charge in [-0.15, -0.1) is 0 Å². The second-order valence-corrected chi connectivity index (χ2v) is 6.89. The molecule has 1 N–H and O–H groups in total. The van der Waals surface area contributed by atoms with Crippen LogP contribution in [0.4, 0.5) is 0 Å². The van der Waals surface area contributed by atoms with Crippen LogP contribution in [0.3, 0.4) is 0 Å². The number of nitrogens with zero attached hydrogens (tertiary/aromatic N) is 1. The molecule has 3 nitrogen and oxygen atoms in total. The first-order chi connectivity index (χ1) is 11.8. The Morgan fingerprint density at radius 2 is 1.88 bits per heavy atom. The number of carbonyl (C=O) groups excluding carboxylic acids is 1. The van der Waals surface area contributed by atoms with Crippen LogP contribution in [-0.2, 0) is 0 Å². The summed E-state index contributed by atoms with van der Waals surface area (Å²) in [5.74, 6) is 0.145. The van der Waals surface area contributed by atoms with Gasteiger partial charge in [-0.25, -0.2) is 0 Å². The fourth-order valence-electron chi connectivity index (χ4n) is 3.39. The summed E-state index contributed by atoms with van der Waals surface area (Å²) in [5.41, 5.74) is 3.22. The second-order valence-electron chi connectivity index (χ2n) is 6.11. The summed E-state index contributed by atoms with van der Waals surface area (Å²) in [6.07, 6.45) is 1.01. The fourth-order valence-corrected chi connectivity index (χ4v) is 4.04. The van der Waals surface area contributed by atoms with Gasteiger partial charge in [0.05, 0.1) is 0 Å². The number of nitrogens with one attached hydrogen (secondary N) is 1. The molecule has 1 amide bonds. The average molecular weight is 336 g/mol. The monoisotopic (exact) mass is 336 g/mol. The number of rotatable bonds is 2. The van der Waals surface area contributed by atoms with E-state index in [0.29, 0.717) is 0 Å². The highest BCUT2D eigenvalue weighted by Crippen LogP contribution is 2.32. The molecular formula is C20H20N2OS. The summed E-state index contributed by atoms with van der Waals surface area (Å²) >= 11 is 1.70. The van der Waals surface area contributed by atoms with Crippen LogP contribution in [0.5, 0.6) is 0 Å². The quantitative estimate of drug-likeness (QED) is 0.767. The molecule has 0 spiro atoms. The number of carbonyl (C=O) groups is 1. The van der Waals surface area contributed by atoms with Gasteiger partial charge in [0.25, 0.3) is 5.91 Å². The van der Waals surface area contributed by atoms with Crippen molar-refractivity contribution in [3.8, 4) is 11.1 Å². The molecule has 0 bridgehead atoms. The van der Waals surface area contributed by atoms with E-state index in [0.717, 1.165) is 48.9 Å². The van der Waals surface area contributed by atoms with Crippen molar-refractivity contribution in [3.63, 3.8) is 0 Å². The van der Waals surface area contributed by atoms with Crippen LogP contribution in [0.1, 0.15) is 16.8 Å². The molecule has 0 saturated carbocycles. The van der Waals surface area contributed by atoms with E-state index in [2.05, 4.69) is 46.4 Å². The molecule has 4 heteroatoms. The summed E-state index contributed by atoms with van der Waals surface area (Å²) in [6, 6.07) is 14.5. The third-order valence-corrected chi connectivity index (χ3v) is 5.30. The number of thiophene rings is 1. The van der Waals surface area contributed by atoms with E-state index in [1.807, 2.05) is 17.0 Å². The van der Waals surface area contributed by atoms with Crippen LogP contribution >= 0.6 is 11.3 Å². The molecule has 2 aromatic carbocycles. The molecule has 0 atom stereocenters. The van der Waals surface area contributed by atoms with Crippen molar-refractivity contribution in [2.24, 2.45) is 0 Å². The molecule has 2 heterocycles. The number of benzene rings is 2. The highest BCUT2D eigenvalue weighted by atomic mass is 32.1. The molecule has 1 aliphatic rings. The molecule has 1 fully saturated rings. The van der Waals surface area contributed by atoms with Crippen molar-refractivity contribution in [3.05, 3.63) is 58.8 Å². The number of hydrogen-bond donors (Lipinski definition) is 1. The van der Waals surface area contributed by atoms with Crippen molar-refractivity contribution >= 4 is 28.0 Å². The zero-order chi connectivity index (χ0) is 16.4. The van der Waals surface area contributed by atoms with Crippen LogP contribution < -0.4 is 5.32 Å². The minimum Gasteiger partial charge on any atom is -0.337 e. The smallest absolute Gasteiger partial charge is 0.254 e. The van der Waals surface area contributed by atoms with E-state index < -0.39 is 0 Å². The average Bonchev–Trinajstić information content (AvgIpc) is 3.02. The highest BCUT2D eigenvalue weighted by molar-refractivity contribution is 7.08. The summed E-state index contributed by atoms with van der Waals surface area (Å²) in [4.78, 5) is 15.0. The Hall–Kier alpha value is -2.17. The van der Waals surface area contributed by atoms with Gasteiger partial charge >= 0.3 is 0 Å². The molecule has 122 valence electrons. The Bertz CT molecular complexity index is 849. The van der Waals surface area contributed by atoms with Crippen LogP contribution in [0, 0.1) is 0 Å². The van der Waals surface area contributed by atoms with Crippen LogP contribution in [0.15, 0.2) is 53.2 Å². The van der Waals surface area contributed by atoms with Crippen LogP contribution in [0.2, 0.25) is 0 Å². The van der Waals surface area contributed by atoms with E-state index in [-0.39, 0.29) is 5.91 Å². The zero-order valence-corrected chi connectivity index (χ0v) is 14.3. The minimum absolute atomic E-state index is 0.145. The molecule has 3 aromatic rings. The maximum atomic E-state index is 13.1. The van der Waals surface area contributed by atoms with E-state index in [9.17, 15) is 4.79 Å². The predicted molar refractivity (Wildman–Crippen MR) is 101 cm³/mol. The highest BCUT2D eigenvalue weighted by Gasteiger charge is 2.19. The Morgan fingerprint density at radius 1 is 1.00 bits per heavy atom. The van der Waals surface area contributed by atoms with Crippen molar-refractivity contribution in [1.82, 2.24) is 10.2 Å². The van der Waals surface area contributed by atoms with Crippen molar-refractivity contribution in [2.45, 2.75) is 6.42 Å². The number of hydrogen-bond acceptors (Lipinski definition) is 3.